The Bertz CT molecular complexity index is 800. The zero-order valence-corrected chi connectivity index (χ0v) is 16.9. The van der Waals surface area contributed by atoms with Crippen molar-refractivity contribution in [1.82, 2.24) is 5.32 Å². The molecule has 138 valence electrons. The molecule has 0 aliphatic rings. The molecular formula is C20H23BrN2O3. The third kappa shape index (κ3) is 5.88. The van der Waals surface area contributed by atoms with E-state index in [-0.39, 0.29) is 11.9 Å². The summed E-state index contributed by atoms with van der Waals surface area (Å²) in [6.07, 6.45) is -0.559. The van der Waals surface area contributed by atoms with E-state index in [0.29, 0.717) is 11.3 Å². The maximum atomic E-state index is 12.5. The van der Waals surface area contributed by atoms with Crippen LogP contribution in [0, 0.1) is 0 Å². The molecule has 2 aromatic carbocycles. The topological polar surface area (TPSA) is 67.4 Å². The van der Waals surface area contributed by atoms with Gasteiger partial charge in [-0.1, -0.05) is 40.2 Å². The first kappa shape index (κ1) is 20.0. The van der Waals surface area contributed by atoms with Crippen LogP contribution in [-0.4, -0.2) is 17.6 Å². The van der Waals surface area contributed by atoms with Gasteiger partial charge in [0.25, 0.3) is 5.91 Å². The van der Waals surface area contributed by atoms with Crippen molar-refractivity contribution in [3.05, 3.63) is 64.1 Å². The van der Waals surface area contributed by atoms with Crippen molar-refractivity contribution in [3.63, 3.8) is 0 Å². The zero-order valence-electron chi connectivity index (χ0n) is 15.3. The number of anilines is 1. The summed E-state index contributed by atoms with van der Waals surface area (Å²) in [6, 6.07) is 14.3. The Hall–Kier alpha value is -2.34. The molecule has 6 heteroatoms. The van der Waals surface area contributed by atoms with Crippen LogP contribution in [0.4, 0.5) is 10.5 Å². The first-order valence-electron chi connectivity index (χ1n) is 8.31. The van der Waals surface area contributed by atoms with Crippen LogP contribution in [0.25, 0.3) is 0 Å². The summed E-state index contributed by atoms with van der Waals surface area (Å²) in [4.78, 5) is 24.4. The standard InChI is InChI=1S/C20H23BrN2O3/c1-13(16-10-5-6-11-17(16)21)22-18(24)14-8-7-9-15(12-14)23-19(25)26-20(2,3)4/h5-13H,1-4H3,(H,22,24)(H,23,25). The third-order valence-corrected chi connectivity index (χ3v) is 4.21. The summed E-state index contributed by atoms with van der Waals surface area (Å²) >= 11 is 3.49. The van der Waals surface area contributed by atoms with Crippen LogP contribution in [0.1, 0.15) is 49.7 Å². The van der Waals surface area contributed by atoms with Crippen molar-refractivity contribution < 1.29 is 14.3 Å². The average molecular weight is 419 g/mol. The Kier molecular flexibility index (Phi) is 6.42. The number of amides is 2. The largest absolute Gasteiger partial charge is 0.444 e. The van der Waals surface area contributed by atoms with Gasteiger partial charge in [-0.2, -0.15) is 0 Å². The number of halogens is 1. The zero-order chi connectivity index (χ0) is 19.3. The number of nitrogens with one attached hydrogen (secondary N) is 2. The lowest BCUT2D eigenvalue weighted by molar-refractivity contribution is 0.0635. The molecule has 0 radical (unpaired) electrons. The lowest BCUT2D eigenvalue weighted by Crippen LogP contribution is -2.28. The Morgan fingerprint density at radius 3 is 2.42 bits per heavy atom. The summed E-state index contributed by atoms with van der Waals surface area (Å²) in [7, 11) is 0. The van der Waals surface area contributed by atoms with E-state index in [1.54, 1.807) is 45.0 Å². The Labute approximate surface area is 162 Å². The fraction of sp³-hybridized carbons (Fsp3) is 0.300. The number of ether oxygens (including phenoxy) is 1. The fourth-order valence-electron chi connectivity index (χ4n) is 2.34. The van der Waals surface area contributed by atoms with Crippen molar-refractivity contribution in [2.24, 2.45) is 0 Å². The molecule has 1 atom stereocenters. The maximum Gasteiger partial charge on any atom is 0.412 e. The van der Waals surface area contributed by atoms with Gasteiger partial charge in [0.05, 0.1) is 6.04 Å². The fourth-order valence-corrected chi connectivity index (χ4v) is 2.97. The second-order valence-electron chi connectivity index (χ2n) is 6.92. The highest BCUT2D eigenvalue weighted by Crippen LogP contribution is 2.23. The van der Waals surface area contributed by atoms with Gasteiger partial charge in [0.1, 0.15) is 5.60 Å². The molecule has 0 aromatic heterocycles. The smallest absolute Gasteiger partial charge is 0.412 e. The van der Waals surface area contributed by atoms with Crippen LogP contribution < -0.4 is 10.6 Å². The number of rotatable bonds is 4. The van der Waals surface area contributed by atoms with Crippen LogP contribution in [0.3, 0.4) is 0 Å². The van der Waals surface area contributed by atoms with E-state index in [2.05, 4.69) is 26.6 Å². The summed E-state index contributed by atoms with van der Waals surface area (Å²) in [6.45, 7) is 7.29. The molecule has 0 spiro atoms. The molecule has 0 saturated carbocycles. The van der Waals surface area contributed by atoms with E-state index < -0.39 is 11.7 Å². The quantitative estimate of drug-likeness (QED) is 0.708. The summed E-state index contributed by atoms with van der Waals surface area (Å²) < 4.78 is 6.16. The van der Waals surface area contributed by atoms with E-state index in [1.807, 2.05) is 31.2 Å². The van der Waals surface area contributed by atoms with Gasteiger partial charge in [-0.15, -0.1) is 0 Å². The Morgan fingerprint density at radius 2 is 1.77 bits per heavy atom. The van der Waals surface area contributed by atoms with Gasteiger partial charge in [-0.25, -0.2) is 4.79 Å². The predicted octanol–water partition coefficient (Wildman–Crippen LogP) is 5.29. The Balaban J connectivity index is 2.06. The van der Waals surface area contributed by atoms with E-state index in [0.717, 1.165) is 10.0 Å². The second-order valence-corrected chi connectivity index (χ2v) is 7.78. The number of hydrogen-bond donors (Lipinski definition) is 2. The number of carbonyl (C=O) groups excluding carboxylic acids is 2. The van der Waals surface area contributed by atoms with Crippen molar-refractivity contribution in [2.45, 2.75) is 39.3 Å². The van der Waals surface area contributed by atoms with Crippen molar-refractivity contribution in [3.8, 4) is 0 Å². The monoisotopic (exact) mass is 418 g/mol. The van der Waals surface area contributed by atoms with E-state index in [1.165, 1.54) is 0 Å². The molecule has 0 aliphatic carbocycles. The number of carbonyl (C=O) groups is 2. The molecule has 2 rings (SSSR count). The third-order valence-electron chi connectivity index (χ3n) is 3.49. The predicted molar refractivity (Wildman–Crippen MR) is 106 cm³/mol. The first-order valence-corrected chi connectivity index (χ1v) is 9.10. The first-order chi connectivity index (χ1) is 12.2. The molecule has 2 amide bonds. The lowest BCUT2D eigenvalue weighted by Gasteiger charge is -2.20. The highest BCUT2D eigenvalue weighted by molar-refractivity contribution is 9.10. The average Bonchev–Trinajstić information content (AvgIpc) is 2.53. The summed E-state index contributed by atoms with van der Waals surface area (Å²) in [5.74, 6) is -0.221. The van der Waals surface area contributed by atoms with Crippen LogP contribution in [0.5, 0.6) is 0 Å². The molecule has 0 bridgehead atoms. The van der Waals surface area contributed by atoms with Gasteiger partial charge in [-0.3, -0.25) is 10.1 Å². The van der Waals surface area contributed by atoms with Gasteiger partial charge in [0.2, 0.25) is 0 Å². The normalized spacial score (nSPS) is 12.2. The van der Waals surface area contributed by atoms with Crippen LogP contribution >= 0.6 is 15.9 Å². The summed E-state index contributed by atoms with van der Waals surface area (Å²) in [5.41, 5.74) is 1.36. The van der Waals surface area contributed by atoms with E-state index in [4.69, 9.17) is 4.74 Å². The Morgan fingerprint density at radius 1 is 1.08 bits per heavy atom. The van der Waals surface area contributed by atoms with Gasteiger partial charge >= 0.3 is 6.09 Å². The SMILES string of the molecule is CC(NC(=O)c1cccc(NC(=O)OC(C)(C)C)c1)c1ccccc1Br. The molecule has 2 aromatic rings. The minimum Gasteiger partial charge on any atom is -0.444 e. The van der Waals surface area contributed by atoms with Crippen LogP contribution in [-0.2, 0) is 4.74 Å². The van der Waals surface area contributed by atoms with Crippen molar-refractivity contribution in [1.29, 1.82) is 0 Å². The van der Waals surface area contributed by atoms with Crippen molar-refractivity contribution >= 4 is 33.6 Å². The van der Waals surface area contributed by atoms with Crippen LogP contribution in [0.2, 0.25) is 0 Å². The molecular weight excluding hydrogens is 396 g/mol. The van der Waals surface area contributed by atoms with Crippen LogP contribution in [0.15, 0.2) is 53.0 Å². The molecule has 5 nitrogen and oxygen atoms in total. The minimum absolute atomic E-state index is 0.166. The molecule has 1 unspecified atom stereocenters. The number of hydrogen-bond acceptors (Lipinski definition) is 3. The lowest BCUT2D eigenvalue weighted by atomic mass is 10.1. The van der Waals surface area contributed by atoms with E-state index in [9.17, 15) is 9.59 Å². The van der Waals surface area contributed by atoms with Gasteiger partial charge < -0.3 is 10.1 Å². The number of benzene rings is 2. The molecule has 0 heterocycles. The molecule has 26 heavy (non-hydrogen) atoms. The molecule has 0 saturated heterocycles. The van der Waals surface area contributed by atoms with Gasteiger partial charge in [-0.05, 0) is 57.5 Å². The molecule has 2 N–H and O–H groups in total. The van der Waals surface area contributed by atoms with Crippen molar-refractivity contribution in [2.75, 3.05) is 5.32 Å². The highest BCUT2D eigenvalue weighted by Gasteiger charge is 2.17. The second kappa shape index (κ2) is 8.36. The molecule has 0 aliphatic heterocycles. The maximum absolute atomic E-state index is 12.5. The summed E-state index contributed by atoms with van der Waals surface area (Å²) in [5, 5.41) is 5.60. The minimum atomic E-state index is -0.586. The van der Waals surface area contributed by atoms with E-state index >= 15 is 0 Å². The van der Waals surface area contributed by atoms with Gasteiger partial charge in [0.15, 0.2) is 0 Å². The van der Waals surface area contributed by atoms with Gasteiger partial charge in [0, 0.05) is 15.7 Å². The highest BCUT2D eigenvalue weighted by atomic mass is 79.9. The molecule has 0 fully saturated rings.